The molecule has 0 unspecified atom stereocenters. The smallest absolute Gasteiger partial charge is 0.406 e. The standard InChI is InChI=1S/3C19H25F3N2O.2C18H25BrN2/c1-17(2,3)18(14-23-4)9-11-24(12-10-18)13-15-5-7-16(8-6-15)25-19(20,21)22;1-17(2,3)18(14-23-4)8-10-24(11-9-18)13-15-6-5-7-16(12-15)25-19(20,21)22;1-17(2,3)18(14-23-4)9-11-24(12-10-18)13-15-7-5-6-8-16(15)25-19(20,21)22;1-17(2,3)18(14-20-4)8-10-21(11-9-18)13-15-6-5-7-16(19)12-15;1-17(2,3)18(14-20-4)9-11-21(12-10-18)13-15-7-5-6-8-16(15)19/h5-8H,9-14H2,1-3H3;5-7,12H,8-11,13-14H2,1-3H3;5-8H,9-14H2,1-3H3;5-7,12H,8-11,13-14H2,1-3H3;5-8H,9-14H2,1-3H3. The molecule has 5 aromatic carbocycles. The fourth-order valence-electron chi connectivity index (χ4n) is 17.2. The van der Waals surface area contributed by atoms with E-state index in [1.807, 2.05) is 6.07 Å². The van der Waals surface area contributed by atoms with Crippen molar-refractivity contribution < 1.29 is 53.7 Å². The van der Waals surface area contributed by atoms with E-state index in [2.05, 4.69) is 247 Å². The molecule has 0 atom stereocenters. The highest BCUT2D eigenvalue weighted by Crippen LogP contribution is 2.52. The van der Waals surface area contributed by atoms with Gasteiger partial charge in [-0.15, -0.1) is 39.5 Å². The van der Waals surface area contributed by atoms with Crippen LogP contribution in [0, 0.1) is 87.0 Å². The van der Waals surface area contributed by atoms with Gasteiger partial charge in [-0.25, -0.2) is 32.9 Å². The van der Waals surface area contributed by atoms with E-state index in [1.54, 1.807) is 36.4 Å². The lowest BCUT2D eigenvalue weighted by Gasteiger charge is -2.46. The first-order chi connectivity index (χ1) is 54.4. The molecule has 13 nitrogen and oxygen atoms in total. The Morgan fingerprint density at radius 1 is 0.308 bits per heavy atom. The van der Waals surface area contributed by atoms with Gasteiger partial charge in [-0.3, -0.25) is 24.5 Å². The number of ether oxygens (including phenoxy) is 3. The van der Waals surface area contributed by atoms with Crippen LogP contribution in [0.5, 0.6) is 17.2 Å². The van der Waals surface area contributed by atoms with Crippen LogP contribution >= 0.6 is 31.9 Å². The van der Waals surface area contributed by atoms with E-state index in [1.165, 1.54) is 45.9 Å². The lowest BCUT2D eigenvalue weighted by atomic mass is 9.61. The molecule has 5 aromatic rings. The number of hydrogen-bond donors (Lipinski definition) is 0. The minimum absolute atomic E-state index is 0.00644. The Morgan fingerprint density at radius 3 is 0.906 bits per heavy atom. The maximum atomic E-state index is 12.6. The number of nitrogens with zero attached hydrogens (tertiary/aromatic N) is 10. The predicted octanol–water partition coefficient (Wildman–Crippen LogP) is 25.4. The molecule has 5 aliphatic heterocycles. The number of alkyl halides is 9. The third kappa shape index (κ3) is 29.7. The van der Waals surface area contributed by atoms with Crippen molar-refractivity contribution in [3.63, 3.8) is 0 Å². The van der Waals surface area contributed by atoms with E-state index in [0.29, 0.717) is 57.9 Å². The number of rotatable bonds is 18. The fraction of sp³-hybridized carbons (Fsp3) is 0.624. The van der Waals surface area contributed by atoms with Crippen molar-refractivity contribution in [3.05, 3.63) is 215 Å². The van der Waals surface area contributed by atoms with Crippen molar-refractivity contribution in [3.8, 4) is 17.2 Å². The first kappa shape index (κ1) is 98.9. The largest absolute Gasteiger partial charge is 0.573 e. The summed E-state index contributed by atoms with van der Waals surface area (Å²) in [6.45, 7) is 85.9. The molecule has 117 heavy (non-hydrogen) atoms. The average molecular weight is 1760 g/mol. The molecule has 5 fully saturated rings. The predicted molar refractivity (Wildman–Crippen MR) is 457 cm³/mol. The van der Waals surface area contributed by atoms with Crippen LogP contribution in [0.2, 0.25) is 0 Å². The number of hydrogen-bond acceptors (Lipinski definition) is 8. The molecule has 5 heterocycles. The molecule has 0 N–H and O–H groups in total. The first-order valence-corrected chi connectivity index (χ1v) is 42.3. The van der Waals surface area contributed by atoms with Crippen LogP contribution in [0.25, 0.3) is 24.2 Å². The minimum Gasteiger partial charge on any atom is -0.406 e. The molecule has 0 spiro atoms. The molecule has 5 saturated heterocycles. The quantitative estimate of drug-likeness (QED) is 0.0635. The fourth-order valence-corrected chi connectivity index (χ4v) is 18.1. The second-order valence-corrected chi connectivity index (χ2v) is 39.6. The molecule has 24 heteroatoms. The van der Waals surface area contributed by atoms with Crippen LogP contribution in [0.15, 0.2) is 130 Å². The number of piperidine rings is 5. The molecule has 0 radical (unpaired) electrons. The van der Waals surface area contributed by atoms with Gasteiger partial charge in [0.05, 0.1) is 0 Å². The first-order valence-electron chi connectivity index (χ1n) is 40.7. The van der Waals surface area contributed by atoms with E-state index < -0.39 is 19.1 Å². The normalized spacial score (nSPS) is 18.8. The SMILES string of the molecule is [C-]#[N+]CC1(C(C)(C)C)CCN(Cc2ccc(OC(F)(F)F)cc2)CC1.[C-]#[N+]CC1(C(C)(C)C)CCN(Cc2cccc(Br)c2)CC1.[C-]#[N+]CC1(C(C)(C)C)CCN(Cc2cccc(OC(F)(F)F)c2)CC1.[C-]#[N+]CC1(C(C)(C)C)CCN(Cc2ccccc2Br)CC1.[C-]#[N+]CC1(C(C)(C)C)CCN(Cc2ccccc2OC(F)(F)F)CC1. The van der Waals surface area contributed by atoms with E-state index in [0.717, 1.165) is 158 Å². The van der Waals surface area contributed by atoms with Crippen LogP contribution in [0.4, 0.5) is 39.5 Å². The summed E-state index contributed by atoms with van der Waals surface area (Å²) in [7, 11) is 0. The number of likely N-dealkylation sites (tertiary alicyclic amines) is 5. The monoisotopic (exact) mass is 1760 g/mol. The molecule has 10 rings (SSSR count). The Hall–Kier alpha value is -6.92. The van der Waals surface area contributed by atoms with Crippen molar-refractivity contribution in [2.45, 2.75) is 220 Å². The van der Waals surface area contributed by atoms with Crippen LogP contribution in [0.1, 0.15) is 196 Å². The molecule has 0 saturated carbocycles. The van der Waals surface area contributed by atoms with Crippen molar-refractivity contribution in [2.24, 2.45) is 54.1 Å². The Kier molecular flexibility index (Phi) is 35.5. The number of para-hydroxylation sites is 1. The van der Waals surface area contributed by atoms with Crippen molar-refractivity contribution in [1.29, 1.82) is 0 Å². The van der Waals surface area contributed by atoms with Crippen molar-refractivity contribution >= 4 is 31.9 Å². The molecule has 0 aliphatic carbocycles. The topological polar surface area (TPSA) is 65.7 Å². The Bertz CT molecular complexity index is 4120. The summed E-state index contributed by atoms with van der Waals surface area (Å²) in [6, 6.07) is 35.5. The maximum Gasteiger partial charge on any atom is 0.573 e. The van der Waals surface area contributed by atoms with Crippen molar-refractivity contribution in [1.82, 2.24) is 24.5 Å². The maximum absolute atomic E-state index is 12.6. The summed E-state index contributed by atoms with van der Waals surface area (Å²) in [4.78, 5) is 30.2. The summed E-state index contributed by atoms with van der Waals surface area (Å²) < 4.78 is 126. The van der Waals surface area contributed by atoms with Crippen LogP contribution < -0.4 is 14.2 Å². The summed E-state index contributed by atoms with van der Waals surface area (Å²) in [5, 5.41) is 0. The van der Waals surface area contributed by atoms with E-state index in [4.69, 9.17) is 32.9 Å². The second kappa shape index (κ2) is 42.0. The van der Waals surface area contributed by atoms with E-state index in [9.17, 15) is 39.5 Å². The van der Waals surface area contributed by atoms with Gasteiger partial charge >= 0.3 is 19.1 Å². The van der Waals surface area contributed by atoms with Gasteiger partial charge in [0.25, 0.3) is 0 Å². The van der Waals surface area contributed by atoms with Gasteiger partial charge in [0.2, 0.25) is 32.7 Å². The number of halogens is 11. The summed E-state index contributed by atoms with van der Waals surface area (Å²) in [6.07, 6.45) is -3.95. The third-order valence-electron chi connectivity index (χ3n) is 26.3. The highest BCUT2D eigenvalue weighted by atomic mass is 79.9. The molecule has 0 amide bonds. The Labute approximate surface area is 710 Å². The van der Waals surface area contributed by atoms with Gasteiger partial charge in [0.1, 0.15) is 17.2 Å². The van der Waals surface area contributed by atoms with Crippen molar-refractivity contribution in [2.75, 3.05) is 98.2 Å². The van der Waals surface area contributed by atoms with Gasteiger partial charge in [0.15, 0.2) is 0 Å². The zero-order valence-electron chi connectivity index (χ0n) is 71.6. The zero-order chi connectivity index (χ0) is 87.2. The van der Waals surface area contributed by atoms with Gasteiger partial charge in [-0.1, -0.05) is 209 Å². The molecular formula is C93H125Br2F9N10O3. The van der Waals surface area contributed by atoms with Crippen LogP contribution in [0.3, 0.4) is 0 Å². The summed E-state index contributed by atoms with van der Waals surface area (Å²) in [5.41, 5.74) is 5.97. The molecule has 5 aliphatic rings. The average Bonchev–Trinajstić information content (AvgIpc) is 0.804. The summed E-state index contributed by atoms with van der Waals surface area (Å²) >= 11 is 7.18. The second-order valence-electron chi connectivity index (χ2n) is 37.9. The lowest BCUT2D eigenvalue weighted by Crippen LogP contribution is -2.48. The van der Waals surface area contributed by atoms with Gasteiger partial charge in [-0.2, -0.15) is 0 Å². The van der Waals surface area contributed by atoms with E-state index in [-0.39, 0.29) is 71.4 Å². The van der Waals surface area contributed by atoms with Crippen LogP contribution in [-0.2, 0) is 32.7 Å². The number of benzene rings is 5. The van der Waals surface area contributed by atoms with E-state index >= 15 is 0 Å². The molecule has 642 valence electrons. The minimum atomic E-state index is -4.69. The molecule has 0 bridgehead atoms. The Morgan fingerprint density at radius 2 is 0.590 bits per heavy atom. The highest BCUT2D eigenvalue weighted by molar-refractivity contribution is 9.10. The van der Waals surface area contributed by atoms with Crippen LogP contribution in [-0.4, -0.2) is 142 Å². The third-order valence-corrected chi connectivity index (χ3v) is 27.5. The highest BCUT2D eigenvalue weighted by Gasteiger charge is 2.52. The zero-order valence-corrected chi connectivity index (χ0v) is 74.8. The summed E-state index contributed by atoms with van der Waals surface area (Å²) in [5.74, 6) is -0.512. The molecular weight excluding hydrogens is 1640 g/mol. The lowest BCUT2D eigenvalue weighted by molar-refractivity contribution is -0.275. The molecule has 0 aromatic heterocycles. The Balaban J connectivity index is 0.000000228. The van der Waals surface area contributed by atoms with Gasteiger partial charge in [0, 0.05) is 74.3 Å². The van der Waals surface area contributed by atoms with Gasteiger partial charge < -0.3 is 38.4 Å². The van der Waals surface area contributed by atoms with Gasteiger partial charge in [-0.05, 0) is 228 Å².